The van der Waals surface area contributed by atoms with Crippen LogP contribution < -0.4 is 4.57 Å². The van der Waals surface area contributed by atoms with Gasteiger partial charge in [0.05, 0.1) is 17.2 Å². The number of nitrogens with zero attached hydrogens (tertiary/aromatic N) is 2. The van der Waals surface area contributed by atoms with Crippen LogP contribution in [0.4, 0.5) is 0 Å². The van der Waals surface area contributed by atoms with E-state index in [2.05, 4.69) is 62.9 Å². The fourth-order valence-corrected chi connectivity index (χ4v) is 4.01. The minimum Gasteiger partial charge on any atom is -0.455 e. The molecule has 134 valence electrons. The molecule has 0 saturated heterocycles. The molecule has 0 amide bonds. The molecule has 0 aliphatic rings. The number of fused-ring (bicyclic) bond motifs is 3. The molecule has 27 heavy (non-hydrogen) atoms. The molecule has 0 bridgehead atoms. The molecule has 2 heterocycles. The van der Waals surface area contributed by atoms with Crippen LogP contribution in [0.15, 0.2) is 47.0 Å². The Morgan fingerprint density at radius 3 is 2.48 bits per heavy atom. The predicted molar refractivity (Wildman–Crippen MR) is 109 cm³/mol. The number of pyridine rings is 1. The monoisotopic (exact) mass is 355 g/mol. The molecule has 0 unspecified atom stereocenters. The molecule has 3 heteroatoms. The van der Waals surface area contributed by atoms with Crippen molar-refractivity contribution in [2.45, 2.75) is 33.6 Å². The maximum atomic E-state index is 9.44. The number of hydrogen-bond acceptors (Lipinski definition) is 2. The standard InChI is InChI=1S/C24H23N2O/c1-14(2)18-11-15(3)21(20-8-6-7-9-26(20)5)24-22(18)19-12-17(13-25)10-16(4)23(19)27-24/h6-12,14H,1-5H3/q+1. The first-order valence-corrected chi connectivity index (χ1v) is 9.27. The Morgan fingerprint density at radius 1 is 1.04 bits per heavy atom. The van der Waals surface area contributed by atoms with Crippen LogP contribution >= 0.6 is 0 Å². The molecule has 0 spiro atoms. The molecule has 2 aromatic heterocycles. The highest BCUT2D eigenvalue weighted by Crippen LogP contribution is 2.42. The molecular formula is C24H23N2O+. The molecule has 0 atom stereocenters. The van der Waals surface area contributed by atoms with Crippen molar-refractivity contribution in [3.8, 4) is 17.3 Å². The zero-order chi connectivity index (χ0) is 19.3. The average Bonchev–Trinajstić information content (AvgIpc) is 3.01. The number of nitriles is 1. The molecule has 0 radical (unpaired) electrons. The van der Waals surface area contributed by atoms with Gasteiger partial charge in [-0.25, -0.2) is 4.57 Å². The van der Waals surface area contributed by atoms with E-state index in [4.69, 9.17) is 4.42 Å². The van der Waals surface area contributed by atoms with Gasteiger partial charge in [0.2, 0.25) is 5.69 Å². The van der Waals surface area contributed by atoms with Crippen LogP contribution in [0.2, 0.25) is 0 Å². The molecular weight excluding hydrogens is 332 g/mol. The van der Waals surface area contributed by atoms with Crippen molar-refractivity contribution < 1.29 is 8.98 Å². The summed E-state index contributed by atoms with van der Waals surface area (Å²) in [5.41, 5.74) is 8.15. The van der Waals surface area contributed by atoms with Gasteiger partial charge in [0.15, 0.2) is 6.20 Å². The molecule has 4 aromatic rings. The van der Waals surface area contributed by atoms with Crippen molar-refractivity contribution in [3.63, 3.8) is 0 Å². The molecule has 3 nitrogen and oxygen atoms in total. The van der Waals surface area contributed by atoms with Crippen LogP contribution in [0, 0.1) is 25.2 Å². The third-order valence-electron chi connectivity index (χ3n) is 5.32. The molecule has 0 N–H and O–H groups in total. The summed E-state index contributed by atoms with van der Waals surface area (Å²) in [6, 6.07) is 14.6. The maximum Gasteiger partial charge on any atom is 0.216 e. The highest BCUT2D eigenvalue weighted by atomic mass is 16.3. The van der Waals surface area contributed by atoms with E-state index in [-0.39, 0.29) is 0 Å². The largest absolute Gasteiger partial charge is 0.455 e. The molecule has 0 fully saturated rings. The predicted octanol–water partition coefficient (Wildman–Crippen LogP) is 5.69. The highest BCUT2D eigenvalue weighted by Gasteiger charge is 2.24. The third kappa shape index (κ3) is 2.61. The van der Waals surface area contributed by atoms with Gasteiger partial charge in [0, 0.05) is 22.9 Å². The number of benzene rings is 2. The third-order valence-corrected chi connectivity index (χ3v) is 5.32. The van der Waals surface area contributed by atoms with Crippen LogP contribution in [0.1, 0.15) is 42.0 Å². The SMILES string of the molecule is Cc1cc(C(C)C)c2c(oc3c(C)cc(C#N)cc32)c1-c1cccc[n+]1C. The summed E-state index contributed by atoms with van der Waals surface area (Å²) in [4.78, 5) is 0. The second kappa shape index (κ2) is 6.25. The smallest absolute Gasteiger partial charge is 0.216 e. The van der Waals surface area contributed by atoms with Gasteiger partial charge >= 0.3 is 0 Å². The zero-order valence-corrected chi connectivity index (χ0v) is 16.4. The van der Waals surface area contributed by atoms with Gasteiger partial charge in [0.25, 0.3) is 0 Å². The first kappa shape index (κ1) is 17.3. The Kier molecular flexibility index (Phi) is 4.00. The van der Waals surface area contributed by atoms with Crippen molar-refractivity contribution >= 4 is 21.9 Å². The van der Waals surface area contributed by atoms with Crippen molar-refractivity contribution in [1.29, 1.82) is 5.26 Å². The van der Waals surface area contributed by atoms with Gasteiger partial charge in [-0.1, -0.05) is 19.9 Å². The van der Waals surface area contributed by atoms with Gasteiger partial charge in [-0.05, 0) is 54.7 Å². The number of aromatic nitrogens is 1. The van der Waals surface area contributed by atoms with Crippen molar-refractivity contribution in [2.75, 3.05) is 0 Å². The van der Waals surface area contributed by atoms with Gasteiger partial charge in [-0.2, -0.15) is 5.26 Å². The fourth-order valence-electron chi connectivity index (χ4n) is 4.01. The van der Waals surface area contributed by atoms with Crippen LogP contribution in [0.5, 0.6) is 0 Å². The van der Waals surface area contributed by atoms with Gasteiger partial charge in [0.1, 0.15) is 18.2 Å². The second-order valence-corrected chi connectivity index (χ2v) is 7.60. The van der Waals surface area contributed by atoms with Gasteiger partial charge < -0.3 is 4.42 Å². The van der Waals surface area contributed by atoms with E-state index < -0.39 is 0 Å². The Bertz CT molecular complexity index is 1240. The summed E-state index contributed by atoms with van der Waals surface area (Å²) >= 11 is 0. The van der Waals surface area contributed by atoms with E-state index >= 15 is 0 Å². The summed E-state index contributed by atoms with van der Waals surface area (Å²) in [5, 5.41) is 11.6. The number of rotatable bonds is 2. The molecule has 4 rings (SSSR count). The number of aryl methyl sites for hydroxylation is 3. The van der Waals surface area contributed by atoms with E-state index in [1.807, 2.05) is 25.1 Å². The first-order valence-electron chi connectivity index (χ1n) is 9.27. The van der Waals surface area contributed by atoms with Crippen molar-refractivity contribution in [3.05, 3.63) is 64.8 Å². The number of furan rings is 1. The van der Waals surface area contributed by atoms with E-state index in [9.17, 15) is 5.26 Å². The zero-order valence-electron chi connectivity index (χ0n) is 16.4. The Balaban J connectivity index is 2.25. The van der Waals surface area contributed by atoms with E-state index in [1.165, 1.54) is 11.1 Å². The highest BCUT2D eigenvalue weighted by molar-refractivity contribution is 6.12. The van der Waals surface area contributed by atoms with E-state index in [0.717, 1.165) is 38.8 Å². The Morgan fingerprint density at radius 2 is 1.81 bits per heavy atom. The summed E-state index contributed by atoms with van der Waals surface area (Å²) in [6.45, 7) is 8.57. The quantitative estimate of drug-likeness (QED) is 0.433. The second-order valence-electron chi connectivity index (χ2n) is 7.60. The maximum absolute atomic E-state index is 9.44. The minimum atomic E-state index is 0.358. The van der Waals surface area contributed by atoms with E-state index in [0.29, 0.717) is 11.5 Å². The van der Waals surface area contributed by atoms with Crippen LogP contribution in [-0.4, -0.2) is 0 Å². The Labute approximate surface area is 159 Å². The summed E-state index contributed by atoms with van der Waals surface area (Å²) < 4.78 is 8.59. The lowest BCUT2D eigenvalue weighted by atomic mass is 9.90. The summed E-state index contributed by atoms with van der Waals surface area (Å²) in [7, 11) is 2.05. The molecule has 0 aliphatic heterocycles. The van der Waals surface area contributed by atoms with Crippen molar-refractivity contribution in [2.24, 2.45) is 7.05 Å². The van der Waals surface area contributed by atoms with Crippen LogP contribution in [0.3, 0.4) is 0 Å². The normalized spacial score (nSPS) is 11.4. The Hall–Kier alpha value is -3.12. The lowest BCUT2D eigenvalue weighted by Gasteiger charge is -2.12. The van der Waals surface area contributed by atoms with Crippen LogP contribution in [-0.2, 0) is 7.05 Å². The lowest BCUT2D eigenvalue weighted by molar-refractivity contribution is -0.660. The van der Waals surface area contributed by atoms with E-state index in [1.54, 1.807) is 0 Å². The lowest BCUT2D eigenvalue weighted by Crippen LogP contribution is -2.30. The molecule has 2 aromatic carbocycles. The summed E-state index contributed by atoms with van der Waals surface area (Å²) in [5.74, 6) is 0.358. The summed E-state index contributed by atoms with van der Waals surface area (Å²) in [6.07, 6.45) is 2.05. The van der Waals surface area contributed by atoms with Gasteiger partial charge in [-0.15, -0.1) is 0 Å². The minimum absolute atomic E-state index is 0.358. The molecule has 0 saturated carbocycles. The average molecular weight is 355 g/mol. The van der Waals surface area contributed by atoms with Crippen LogP contribution in [0.25, 0.3) is 33.2 Å². The number of hydrogen-bond donors (Lipinski definition) is 0. The van der Waals surface area contributed by atoms with Gasteiger partial charge in [-0.3, -0.25) is 0 Å². The molecule has 0 aliphatic carbocycles. The fraction of sp³-hybridized carbons (Fsp3) is 0.250. The topological polar surface area (TPSA) is 40.8 Å². The van der Waals surface area contributed by atoms with Crippen molar-refractivity contribution in [1.82, 2.24) is 0 Å². The first-order chi connectivity index (χ1) is 12.9.